The Kier molecular flexibility index (Phi) is 4.88. The van der Waals surface area contributed by atoms with E-state index in [1.807, 2.05) is 38.2 Å². The van der Waals surface area contributed by atoms with Crippen molar-refractivity contribution in [3.63, 3.8) is 0 Å². The molecule has 134 valence electrons. The van der Waals surface area contributed by atoms with Crippen LogP contribution < -0.4 is 9.47 Å². The molecule has 1 heterocycles. The van der Waals surface area contributed by atoms with Crippen molar-refractivity contribution >= 4 is 5.69 Å². The Morgan fingerprint density at radius 1 is 1.27 bits per heavy atom. The molecule has 1 aromatic heterocycles. The molecule has 0 fully saturated rings. The Labute approximate surface area is 151 Å². The van der Waals surface area contributed by atoms with Gasteiger partial charge in [-0.2, -0.15) is 0 Å². The van der Waals surface area contributed by atoms with Gasteiger partial charge in [-0.15, -0.1) is 0 Å². The molecule has 0 aliphatic carbocycles. The van der Waals surface area contributed by atoms with E-state index in [2.05, 4.69) is 4.98 Å². The second kappa shape index (κ2) is 7.26. The fraction of sp³-hybridized carbons (Fsp3) is 0.211. The van der Waals surface area contributed by atoms with Crippen LogP contribution >= 0.6 is 0 Å². The van der Waals surface area contributed by atoms with Gasteiger partial charge in [0.15, 0.2) is 5.75 Å². The summed E-state index contributed by atoms with van der Waals surface area (Å²) in [6, 6.07) is 10.9. The van der Waals surface area contributed by atoms with E-state index < -0.39 is 4.92 Å². The molecule has 0 aliphatic rings. The third-order valence-corrected chi connectivity index (χ3v) is 4.00. The minimum atomic E-state index is -0.472. The van der Waals surface area contributed by atoms with Crippen LogP contribution in [0.2, 0.25) is 0 Å². The van der Waals surface area contributed by atoms with Gasteiger partial charge in [0.2, 0.25) is 5.75 Å². The van der Waals surface area contributed by atoms with E-state index >= 15 is 0 Å². The molecule has 3 rings (SSSR count). The Hall–Kier alpha value is -3.35. The molecule has 0 saturated carbocycles. The third-order valence-electron chi connectivity index (χ3n) is 4.00. The number of aryl methyl sites for hydroxylation is 2. The zero-order valence-electron chi connectivity index (χ0n) is 14.8. The number of imidazole rings is 1. The molecule has 0 amide bonds. The monoisotopic (exact) mass is 353 g/mol. The molecule has 0 atom stereocenters. The maximum absolute atomic E-state index is 11.6. The summed E-state index contributed by atoms with van der Waals surface area (Å²) in [5.74, 6) is 1.01. The van der Waals surface area contributed by atoms with E-state index in [1.165, 1.54) is 13.2 Å². The second-order valence-electron chi connectivity index (χ2n) is 5.92. The third kappa shape index (κ3) is 3.51. The van der Waals surface area contributed by atoms with Crippen molar-refractivity contribution in [2.45, 2.75) is 13.5 Å². The van der Waals surface area contributed by atoms with Crippen molar-refractivity contribution in [1.82, 2.24) is 9.55 Å². The van der Waals surface area contributed by atoms with Crippen molar-refractivity contribution in [2.75, 3.05) is 7.11 Å². The van der Waals surface area contributed by atoms with Crippen LogP contribution in [0.3, 0.4) is 0 Å². The number of nitrogens with zero attached hydrogens (tertiary/aromatic N) is 3. The van der Waals surface area contributed by atoms with Gasteiger partial charge in [-0.25, -0.2) is 4.98 Å². The molecule has 0 spiro atoms. The highest BCUT2D eigenvalue weighted by Crippen LogP contribution is 2.41. The number of hydrogen-bond donors (Lipinski definition) is 0. The zero-order valence-corrected chi connectivity index (χ0v) is 14.8. The highest BCUT2D eigenvalue weighted by atomic mass is 16.6. The minimum Gasteiger partial charge on any atom is -0.493 e. The SMILES string of the molecule is COc1cc(-c2nccn2C)cc([N+](=O)[O-])c1OCc1cccc(C)c1. The highest BCUT2D eigenvalue weighted by Gasteiger charge is 2.24. The first-order valence-electron chi connectivity index (χ1n) is 8.02. The van der Waals surface area contributed by atoms with Gasteiger partial charge in [-0.1, -0.05) is 29.8 Å². The van der Waals surface area contributed by atoms with Crippen molar-refractivity contribution in [3.05, 3.63) is 70.0 Å². The lowest BCUT2D eigenvalue weighted by Crippen LogP contribution is -2.03. The molecule has 0 bridgehead atoms. The van der Waals surface area contributed by atoms with E-state index in [9.17, 15) is 10.1 Å². The molecule has 0 aliphatic heterocycles. The highest BCUT2D eigenvalue weighted by molar-refractivity contribution is 5.69. The average Bonchev–Trinajstić information content (AvgIpc) is 3.05. The largest absolute Gasteiger partial charge is 0.493 e. The second-order valence-corrected chi connectivity index (χ2v) is 5.92. The number of rotatable bonds is 6. The number of nitro groups is 1. The van der Waals surface area contributed by atoms with Crippen LogP contribution in [0.1, 0.15) is 11.1 Å². The summed E-state index contributed by atoms with van der Waals surface area (Å²) in [6.07, 6.45) is 3.41. The number of benzene rings is 2. The molecule has 2 aromatic carbocycles. The summed E-state index contributed by atoms with van der Waals surface area (Å²) >= 11 is 0. The van der Waals surface area contributed by atoms with E-state index in [0.29, 0.717) is 17.1 Å². The molecule has 3 aromatic rings. The van der Waals surface area contributed by atoms with E-state index in [-0.39, 0.29) is 18.0 Å². The standard InChI is InChI=1S/C19H19N3O4/c1-13-5-4-6-14(9-13)12-26-18-16(22(23)24)10-15(11-17(18)25-3)19-20-7-8-21(19)2/h4-11H,12H2,1-3H3. The molecule has 7 nitrogen and oxygen atoms in total. The van der Waals surface area contributed by atoms with Gasteiger partial charge in [-0.3, -0.25) is 10.1 Å². The van der Waals surface area contributed by atoms with Crippen molar-refractivity contribution < 1.29 is 14.4 Å². The van der Waals surface area contributed by atoms with E-state index in [4.69, 9.17) is 9.47 Å². The smallest absolute Gasteiger partial charge is 0.315 e. The lowest BCUT2D eigenvalue weighted by molar-refractivity contribution is -0.386. The van der Waals surface area contributed by atoms with Gasteiger partial charge in [0.1, 0.15) is 12.4 Å². The first kappa shape index (κ1) is 17.5. The van der Waals surface area contributed by atoms with E-state index in [1.54, 1.807) is 23.0 Å². The van der Waals surface area contributed by atoms with Crippen LogP contribution in [-0.4, -0.2) is 21.6 Å². The molecule has 0 saturated heterocycles. The van der Waals surface area contributed by atoms with Gasteiger partial charge in [-0.05, 0) is 18.6 Å². The lowest BCUT2D eigenvalue weighted by Gasteiger charge is -2.13. The fourth-order valence-electron chi connectivity index (χ4n) is 2.75. The van der Waals surface area contributed by atoms with Crippen LogP contribution in [0.4, 0.5) is 5.69 Å². The first-order chi connectivity index (χ1) is 12.5. The number of nitro benzene ring substituents is 1. The number of aromatic nitrogens is 2. The molecular weight excluding hydrogens is 334 g/mol. The molecule has 0 N–H and O–H groups in total. The van der Waals surface area contributed by atoms with Gasteiger partial charge in [0, 0.05) is 31.1 Å². The first-order valence-corrected chi connectivity index (χ1v) is 8.02. The maximum Gasteiger partial charge on any atom is 0.315 e. The fourth-order valence-corrected chi connectivity index (χ4v) is 2.75. The molecule has 0 unspecified atom stereocenters. The molecular formula is C19H19N3O4. The number of ether oxygens (including phenoxy) is 2. The van der Waals surface area contributed by atoms with Gasteiger partial charge in [0.05, 0.1) is 12.0 Å². The van der Waals surface area contributed by atoms with E-state index in [0.717, 1.165) is 11.1 Å². The normalized spacial score (nSPS) is 10.6. The summed E-state index contributed by atoms with van der Waals surface area (Å²) in [5.41, 5.74) is 2.45. The summed E-state index contributed by atoms with van der Waals surface area (Å²) in [4.78, 5) is 15.4. The Bertz CT molecular complexity index is 950. The topological polar surface area (TPSA) is 79.4 Å². The zero-order chi connectivity index (χ0) is 18.7. The molecule has 7 heteroatoms. The summed E-state index contributed by atoms with van der Waals surface area (Å²) in [7, 11) is 3.28. The molecule has 26 heavy (non-hydrogen) atoms. The van der Waals surface area contributed by atoms with Gasteiger partial charge in [0.25, 0.3) is 0 Å². The molecule has 0 radical (unpaired) electrons. The van der Waals surface area contributed by atoms with Crippen LogP contribution in [0, 0.1) is 17.0 Å². The average molecular weight is 353 g/mol. The van der Waals surface area contributed by atoms with Crippen LogP contribution in [0.15, 0.2) is 48.8 Å². The summed E-state index contributed by atoms with van der Waals surface area (Å²) in [6.45, 7) is 2.19. The van der Waals surface area contributed by atoms with Crippen LogP contribution in [0.5, 0.6) is 11.5 Å². The number of methoxy groups -OCH3 is 1. The van der Waals surface area contributed by atoms with Crippen molar-refractivity contribution in [3.8, 4) is 22.9 Å². The van der Waals surface area contributed by atoms with Crippen LogP contribution in [0.25, 0.3) is 11.4 Å². The van der Waals surface area contributed by atoms with Gasteiger partial charge >= 0.3 is 5.69 Å². The Balaban J connectivity index is 2.00. The van der Waals surface area contributed by atoms with Crippen LogP contribution in [-0.2, 0) is 13.7 Å². The summed E-state index contributed by atoms with van der Waals surface area (Å²) < 4.78 is 12.9. The predicted octanol–water partition coefficient (Wildman–Crippen LogP) is 3.89. The van der Waals surface area contributed by atoms with Crippen molar-refractivity contribution in [1.29, 1.82) is 0 Å². The Morgan fingerprint density at radius 3 is 2.69 bits per heavy atom. The lowest BCUT2D eigenvalue weighted by atomic mass is 10.1. The predicted molar refractivity (Wildman–Crippen MR) is 97.4 cm³/mol. The summed E-state index contributed by atoms with van der Waals surface area (Å²) in [5, 5.41) is 11.6. The Morgan fingerprint density at radius 2 is 2.08 bits per heavy atom. The van der Waals surface area contributed by atoms with Crippen molar-refractivity contribution in [2.24, 2.45) is 7.05 Å². The maximum atomic E-state index is 11.6. The minimum absolute atomic E-state index is 0.108. The quantitative estimate of drug-likeness (QED) is 0.496. The van der Waals surface area contributed by atoms with Gasteiger partial charge < -0.3 is 14.0 Å². The number of hydrogen-bond acceptors (Lipinski definition) is 5.